The Labute approximate surface area is 194 Å². The molecule has 0 fully saturated rings. The Morgan fingerprint density at radius 2 is 1.91 bits per heavy atom. The molecular formula is C25H24F3N3O3. The van der Waals surface area contributed by atoms with E-state index in [1.54, 1.807) is 0 Å². The number of rotatable bonds is 4. The van der Waals surface area contributed by atoms with Gasteiger partial charge in [0.1, 0.15) is 5.75 Å². The maximum absolute atomic E-state index is 10.6. The normalized spacial score (nSPS) is 15.3. The lowest BCUT2D eigenvalue weighted by molar-refractivity contribution is -0.192. The lowest BCUT2D eigenvalue weighted by Crippen LogP contribution is -2.30. The Morgan fingerprint density at radius 1 is 1.15 bits per heavy atom. The van der Waals surface area contributed by atoms with Crippen LogP contribution in [0.3, 0.4) is 0 Å². The van der Waals surface area contributed by atoms with E-state index in [0.29, 0.717) is 0 Å². The van der Waals surface area contributed by atoms with Crippen molar-refractivity contribution in [3.8, 4) is 5.75 Å². The van der Waals surface area contributed by atoms with Crippen molar-refractivity contribution in [2.75, 3.05) is 13.2 Å². The average molecular weight is 471 g/mol. The van der Waals surface area contributed by atoms with Crippen LogP contribution in [0.2, 0.25) is 0 Å². The Morgan fingerprint density at radius 3 is 2.65 bits per heavy atom. The molecule has 0 saturated carbocycles. The summed E-state index contributed by atoms with van der Waals surface area (Å²) in [5, 5.41) is 14.9. The number of halogens is 3. The molecule has 0 aliphatic carbocycles. The number of H-pyrrole nitrogens is 1. The highest BCUT2D eigenvalue weighted by Gasteiger charge is 2.38. The predicted octanol–water partition coefficient (Wildman–Crippen LogP) is 4.71. The smallest absolute Gasteiger partial charge is 0.490 e. The zero-order chi connectivity index (χ0) is 24.1. The number of aromatic amines is 1. The quantitative estimate of drug-likeness (QED) is 0.577. The van der Waals surface area contributed by atoms with Gasteiger partial charge < -0.3 is 9.84 Å². The highest BCUT2D eigenvalue weighted by molar-refractivity contribution is 5.73. The lowest BCUT2D eigenvalue weighted by atomic mass is 10.0. The second-order valence-corrected chi connectivity index (χ2v) is 8.11. The molecule has 6 nitrogen and oxygen atoms in total. The number of alkyl halides is 3. The molecule has 178 valence electrons. The van der Waals surface area contributed by atoms with Gasteiger partial charge in [-0.2, -0.15) is 18.3 Å². The average Bonchev–Trinajstić information content (AvgIpc) is 3.44. The summed E-state index contributed by atoms with van der Waals surface area (Å²) >= 11 is 0. The molecule has 5 rings (SSSR count). The molecule has 3 heterocycles. The molecule has 0 spiro atoms. The highest BCUT2D eigenvalue weighted by Crippen LogP contribution is 2.28. The first-order valence-corrected chi connectivity index (χ1v) is 10.9. The van der Waals surface area contributed by atoms with Crippen molar-refractivity contribution in [3.05, 3.63) is 82.2 Å². The highest BCUT2D eigenvalue weighted by atomic mass is 19.4. The zero-order valence-corrected chi connectivity index (χ0v) is 18.3. The number of carbonyl (C=O) groups is 1. The Bertz CT molecular complexity index is 1170. The summed E-state index contributed by atoms with van der Waals surface area (Å²) in [4.78, 5) is 11.4. The number of nitrogens with zero attached hydrogens (tertiary/aromatic N) is 2. The first kappa shape index (κ1) is 23.6. The van der Waals surface area contributed by atoms with Gasteiger partial charge in [-0.25, -0.2) is 4.79 Å². The van der Waals surface area contributed by atoms with Crippen molar-refractivity contribution in [2.24, 2.45) is 0 Å². The van der Waals surface area contributed by atoms with Crippen LogP contribution in [0.15, 0.2) is 48.5 Å². The van der Waals surface area contributed by atoms with Crippen LogP contribution in [-0.2, 0) is 30.7 Å². The van der Waals surface area contributed by atoms with Crippen LogP contribution >= 0.6 is 0 Å². The molecule has 0 bridgehead atoms. The standard InChI is InChI=1S/C23H23N3O.C2HF3O2/c1-2-4-17(5-3-1)6-8-21-20-16-26(12-10-22(20)25-24-21)15-18-7-9-23-19(14-18)11-13-27-23;3-2(4,5)1(6)7/h1-9,14H,10-13,15-16H2,(H,24,25);(H,6,7)/b8-6+;. The molecule has 1 aromatic heterocycles. The summed E-state index contributed by atoms with van der Waals surface area (Å²) in [6, 6.07) is 17.0. The van der Waals surface area contributed by atoms with Crippen molar-refractivity contribution >= 4 is 18.1 Å². The third-order valence-corrected chi connectivity index (χ3v) is 5.68. The topological polar surface area (TPSA) is 78.5 Å². The van der Waals surface area contributed by atoms with Gasteiger partial charge >= 0.3 is 12.1 Å². The summed E-state index contributed by atoms with van der Waals surface area (Å²) in [5.74, 6) is -1.70. The summed E-state index contributed by atoms with van der Waals surface area (Å²) in [7, 11) is 0. The number of benzene rings is 2. The molecule has 0 radical (unpaired) electrons. The zero-order valence-electron chi connectivity index (χ0n) is 18.3. The SMILES string of the molecule is C(=C\c1n[nH]c2c1CN(Cc1ccc3c(c1)CCO3)CC2)/c1ccccc1.O=C(O)C(F)(F)F. The molecule has 0 saturated heterocycles. The Hall–Kier alpha value is -3.59. The fourth-order valence-electron chi connectivity index (χ4n) is 3.98. The maximum atomic E-state index is 10.6. The van der Waals surface area contributed by atoms with Crippen molar-refractivity contribution in [1.29, 1.82) is 0 Å². The van der Waals surface area contributed by atoms with Gasteiger partial charge in [0.15, 0.2) is 0 Å². The van der Waals surface area contributed by atoms with E-state index in [1.807, 2.05) is 6.07 Å². The minimum absolute atomic E-state index is 0.817. The van der Waals surface area contributed by atoms with Crippen LogP contribution < -0.4 is 4.74 Å². The van der Waals surface area contributed by atoms with E-state index < -0.39 is 12.1 Å². The van der Waals surface area contributed by atoms with E-state index in [0.717, 1.165) is 50.5 Å². The van der Waals surface area contributed by atoms with Gasteiger partial charge in [-0.3, -0.25) is 10.00 Å². The van der Waals surface area contributed by atoms with E-state index in [-0.39, 0.29) is 0 Å². The van der Waals surface area contributed by atoms with Gasteiger partial charge in [-0.05, 0) is 28.8 Å². The van der Waals surface area contributed by atoms with E-state index >= 15 is 0 Å². The third kappa shape index (κ3) is 5.85. The maximum Gasteiger partial charge on any atom is 0.490 e. The first-order valence-electron chi connectivity index (χ1n) is 10.9. The second-order valence-electron chi connectivity index (χ2n) is 8.11. The second kappa shape index (κ2) is 10.1. The number of hydrogen-bond donors (Lipinski definition) is 2. The molecule has 2 aromatic carbocycles. The lowest BCUT2D eigenvalue weighted by Gasteiger charge is -2.27. The summed E-state index contributed by atoms with van der Waals surface area (Å²) in [5.41, 5.74) is 7.58. The van der Waals surface area contributed by atoms with Gasteiger partial charge in [0, 0.05) is 43.7 Å². The van der Waals surface area contributed by atoms with E-state index in [4.69, 9.17) is 14.6 Å². The van der Waals surface area contributed by atoms with Gasteiger partial charge in [0.2, 0.25) is 0 Å². The number of aliphatic carboxylic acids is 1. The number of nitrogens with one attached hydrogen (secondary N) is 1. The molecule has 2 aliphatic rings. The van der Waals surface area contributed by atoms with E-state index in [2.05, 4.69) is 69.7 Å². The van der Waals surface area contributed by atoms with Gasteiger partial charge in [-0.1, -0.05) is 48.5 Å². The molecule has 2 N–H and O–H groups in total. The molecular weight excluding hydrogens is 447 g/mol. The van der Waals surface area contributed by atoms with E-state index in [1.165, 1.54) is 27.9 Å². The molecule has 34 heavy (non-hydrogen) atoms. The van der Waals surface area contributed by atoms with Crippen LogP contribution in [-0.4, -0.2) is 45.5 Å². The Kier molecular flexibility index (Phi) is 7.02. The summed E-state index contributed by atoms with van der Waals surface area (Å²) in [6.45, 7) is 3.79. The molecule has 0 atom stereocenters. The minimum Gasteiger partial charge on any atom is -0.493 e. The number of fused-ring (bicyclic) bond motifs is 2. The Balaban J connectivity index is 0.000000344. The fraction of sp³-hybridized carbons (Fsp3) is 0.280. The molecule has 9 heteroatoms. The summed E-state index contributed by atoms with van der Waals surface area (Å²) < 4.78 is 37.4. The number of carboxylic acids is 1. The van der Waals surface area contributed by atoms with Crippen LogP contribution in [0.4, 0.5) is 13.2 Å². The molecule has 2 aliphatic heterocycles. The van der Waals surface area contributed by atoms with Crippen LogP contribution in [0.1, 0.15) is 33.6 Å². The van der Waals surface area contributed by atoms with Crippen molar-refractivity contribution < 1.29 is 27.8 Å². The minimum atomic E-state index is -5.08. The molecule has 3 aromatic rings. The largest absolute Gasteiger partial charge is 0.493 e. The number of hydrogen-bond acceptors (Lipinski definition) is 4. The van der Waals surface area contributed by atoms with Crippen LogP contribution in [0.5, 0.6) is 5.75 Å². The van der Waals surface area contributed by atoms with Gasteiger partial charge in [-0.15, -0.1) is 0 Å². The van der Waals surface area contributed by atoms with Gasteiger partial charge in [0.05, 0.1) is 12.3 Å². The summed E-state index contributed by atoms with van der Waals surface area (Å²) in [6.07, 6.45) is 1.23. The number of aromatic nitrogens is 2. The van der Waals surface area contributed by atoms with Gasteiger partial charge in [0.25, 0.3) is 0 Å². The van der Waals surface area contributed by atoms with E-state index in [9.17, 15) is 13.2 Å². The monoisotopic (exact) mass is 471 g/mol. The van der Waals surface area contributed by atoms with Crippen molar-refractivity contribution in [1.82, 2.24) is 15.1 Å². The molecule has 0 unspecified atom stereocenters. The van der Waals surface area contributed by atoms with Crippen LogP contribution in [0.25, 0.3) is 12.2 Å². The molecule has 0 amide bonds. The van der Waals surface area contributed by atoms with Crippen LogP contribution in [0, 0.1) is 0 Å². The number of carboxylic acid groups (broad SMARTS) is 1. The first-order chi connectivity index (χ1) is 16.3. The predicted molar refractivity (Wildman–Crippen MR) is 121 cm³/mol. The van der Waals surface area contributed by atoms with Crippen molar-refractivity contribution in [3.63, 3.8) is 0 Å². The third-order valence-electron chi connectivity index (χ3n) is 5.68. The fourth-order valence-corrected chi connectivity index (χ4v) is 3.98. The van der Waals surface area contributed by atoms with Crippen molar-refractivity contribution in [2.45, 2.75) is 32.1 Å². The number of ether oxygens (including phenoxy) is 1.